The van der Waals surface area contributed by atoms with Crippen LogP contribution in [-0.2, 0) is 14.1 Å². The Morgan fingerprint density at radius 3 is 2.53 bits per heavy atom. The van der Waals surface area contributed by atoms with E-state index in [1.165, 1.54) is 13.0 Å². The average molecular weight is 293 g/mol. The fourth-order valence-corrected chi connectivity index (χ4v) is 2.31. The summed E-state index contributed by atoms with van der Waals surface area (Å²) in [6.45, 7) is 3.95. The number of allylic oxidation sites excluding steroid dienone is 1. The number of esters is 1. The van der Waals surface area contributed by atoms with Crippen LogP contribution in [0.4, 0.5) is 0 Å². The number of carbonyl (C=O) groups excluding carboxylic acids is 1. The summed E-state index contributed by atoms with van der Waals surface area (Å²) in [5, 5.41) is 0. The van der Waals surface area contributed by atoms with Gasteiger partial charge < -0.3 is 20.3 Å². The SMILES string of the molecule is CCCCCCOC(=O)C(N)/C=C(\C)CP(=O)(O)O. The van der Waals surface area contributed by atoms with Crippen molar-refractivity contribution in [2.24, 2.45) is 5.73 Å². The highest BCUT2D eigenvalue weighted by molar-refractivity contribution is 7.52. The molecule has 19 heavy (non-hydrogen) atoms. The highest BCUT2D eigenvalue weighted by Gasteiger charge is 2.17. The lowest BCUT2D eigenvalue weighted by atomic mass is 10.2. The van der Waals surface area contributed by atoms with Crippen LogP contribution >= 0.6 is 7.60 Å². The van der Waals surface area contributed by atoms with Crippen molar-refractivity contribution in [3.8, 4) is 0 Å². The van der Waals surface area contributed by atoms with Gasteiger partial charge in [-0.3, -0.25) is 9.36 Å². The number of carbonyl (C=O) groups is 1. The second-order valence-corrected chi connectivity index (χ2v) is 6.24. The molecule has 0 heterocycles. The average Bonchev–Trinajstić information content (AvgIpc) is 2.25. The van der Waals surface area contributed by atoms with Crippen molar-refractivity contribution in [3.05, 3.63) is 11.6 Å². The molecule has 0 aromatic rings. The van der Waals surface area contributed by atoms with Gasteiger partial charge in [-0.2, -0.15) is 0 Å². The molecular weight excluding hydrogens is 269 g/mol. The zero-order valence-corrected chi connectivity index (χ0v) is 12.4. The van der Waals surface area contributed by atoms with Gasteiger partial charge in [0.2, 0.25) is 0 Å². The second kappa shape index (κ2) is 9.26. The minimum Gasteiger partial charge on any atom is -0.464 e. The maximum atomic E-state index is 11.5. The van der Waals surface area contributed by atoms with Crippen molar-refractivity contribution in [1.29, 1.82) is 0 Å². The van der Waals surface area contributed by atoms with Crippen LogP contribution in [0.25, 0.3) is 0 Å². The van der Waals surface area contributed by atoms with Crippen LogP contribution in [0.1, 0.15) is 39.5 Å². The summed E-state index contributed by atoms with van der Waals surface area (Å²) in [5.41, 5.74) is 5.95. The molecule has 0 aliphatic heterocycles. The van der Waals surface area contributed by atoms with Crippen LogP contribution in [0, 0.1) is 0 Å². The van der Waals surface area contributed by atoms with Crippen LogP contribution < -0.4 is 5.73 Å². The Hall–Kier alpha value is -0.680. The van der Waals surface area contributed by atoms with Crippen LogP contribution in [-0.4, -0.2) is 34.6 Å². The Labute approximate surface area is 114 Å². The van der Waals surface area contributed by atoms with Crippen molar-refractivity contribution >= 4 is 13.6 Å². The summed E-state index contributed by atoms with van der Waals surface area (Å²) >= 11 is 0. The molecular formula is C12H24NO5P. The fraction of sp³-hybridized carbons (Fsp3) is 0.750. The summed E-state index contributed by atoms with van der Waals surface area (Å²) in [6.07, 6.45) is 4.95. The van der Waals surface area contributed by atoms with Gasteiger partial charge in [0.25, 0.3) is 0 Å². The van der Waals surface area contributed by atoms with Gasteiger partial charge in [-0.25, -0.2) is 0 Å². The monoisotopic (exact) mass is 293 g/mol. The maximum Gasteiger partial charge on any atom is 0.329 e. The Balaban J connectivity index is 4.05. The molecule has 0 aromatic heterocycles. The number of hydrogen-bond acceptors (Lipinski definition) is 4. The summed E-state index contributed by atoms with van der Waals surface area (Å²) in [7, 11) is -4.12. The largest absolute Gasteiger partial charge is 0.464 e. The first-order valence-electron chi connectivity index (χ1n) is 6.40. The van der Waals surface area contributed by atoms with E-state index < -0.39 is 25.8 Å². The Bertz CT molecular complexity index is 350. The second-order valence-electron chi connectivity index (χ2n) is 4.59. The van der Waals surface area contributed by atoms with Crippen molar-refractivity contribution in [3.63, 3.8) is 0 Å². The number of nitrogens with two attached hydrogens (primary N) is 1. The summed E-state index contributed by atoms with van der Waals surface area (Å²) in [4.78, 5) is 29.0. The van der Waals surface area contributed by atoms with Gasteiger partial charge in [-0.15, -0.1) is 0 Å². The van der Waals surface area contributed by atoms with E-state index in [0.29, 0.717) is 12.2 Å². The first kappa shape index (κ1) is 18.3. The predicted molar refractivity (Wildman–Crippen MR) is 73.7 cm³/mol. The van der Waals surface area contributed by atoms with E-state index in [4.69, 9.17) is 20.3 Å². The molecule has 0 radical (unpaired) electrons. The van der Waals surface area contributed by atoms with Crippen molar-refractivity contribution < 1.29 is 23.9 Å². The molecule has 0 bridgehead atoms. The molecule has 7 heteroatoms. The van der Waals surface area contributed by atoms with Crippen LogP contribution in [0.2, 0.25) is 0 Å². The lowest BCUT2D eigenvalue weighted by Gasteiger charge is -2.10. The molecule has 6 nitrogen and oxygen atoms in total. The molecule has 0 saturated heterocycles. The van der Waals surface area contributed by atoms with E-state index >= 15 is 0 Å². The van der Waals surface area contributed by atoms with Gasteiger partial charge in [0.05, 0.1) is 12.8 Å². The highest BCUT2D eigenvalue weighted by atomic mass is 31.2. The summed E-state index contributed by atoms with van der Waals surface area (Å²) < 4.78 is 15.7. The molecule has 0 spiro atoms. The van der Waals surface area contributed by atoms with E-state index in [2.05, 4.69) is 6.92 Å². The molecule has 0 aromatic carbocycles. The molecule has 0 aliphatic carbocycles. The zero-order valence-electron chi connectivity index (χ0n) is 11.5. The van der Waals surface area contributed by atoms with Crippen LogP contribution in [0.15, 0.2) is 11.6 Å². The maximum absolute atomic E-state index is 11.5. The molecule has 0 saturated carbocycles. The quantitative estimate of drug-likeness (QED) is 0.257. The molecule has 1 unspecified atom stereocenters. The van der Waals surface area contributed by atoms with E-state index in [0.717, 1.165) is 25.7 Å². The smallest absolute Gasteiger partial charge is 0.329 e. The lowest BCUT2D eigenvalue weighted by Crippen LogP contribution is -2.31. The molecule has 0 aliphatic rings. The minimum atomic E-state index is -4.12. The van der Waals surface area contributed by atoms with Gasteiger partial charge >= 0.3 is 13.6 Å². The predicted octanol–water partition coefficient (Wildman–Crippen LogP) is 1.56. The Morgan fingerprint density at radius 1 is 1.37 bits per heavy atom. The fourth-order valence-electron chi connectivity index (χ4n) is 1.55. The molecule has 112 valence electrons. The first-order chi connectivity index (χ1) is 8.76. The number of unbranched alkanes of at least 4 members (excludes halogenated alkanes) is 3. The highest BCUT2D eigenvalue weighted by Crippen LogP contribution is 2.36. The van der Waals surface area contributed by atoms with E-state index in [-0.39, 0.29) is 0 Å². The topological polar surface area (TPSA) is 110 Å². The van der Waals surface area contributed by atoms with Crippen molar-refractivity contribution in [2.45, 2.75) is 45.6 Å². The standard InChI is InChI=1S/C12H24NO5P/c1-3-4-5-6-7-18-12(14)11(13)8-10(2)9-19(15,16)17/h8,11H,3-7,9,13H2,1-2H3,(H2,15,16,17)/b10-8+. The number of rotatable bonds is 9. The molecule has 4 N–H and O–H groups in total. The number of hydrogen-bond donors (Lipinski definition) is 3. The van der Waals surface area contributed by atoms with E-state index in [9.17, 15) is 9.36 Å². The van der Waals surface area contributed by atoms with Gasteiger partial charge in [-0.05, 0) is 13.3 Å². The molecule has 1 atom stereocenters. The molecule has 0 rings (SSSR count). The van der Waals surface area contributed by atoms with E-state index in [1.54, 1.807) is 0 Å². The van der Waals surface area contributed by atoms with Gasteiger partial charge in [0.1, 0.15) is 6.04 Å². The third kappa shape index (κ3) is 10.9. The normalized spacial score (nSPS) is 14.3. The zero-order chi connectivity index (χ0) is 14.9. The minimum absolute atomic E-state index is 0.331. The van der Waals surface area contributed by atoms with Gasteiger partial charge in [-0.1, -0.05) is 37.8 Å². The van der Waals surface area contributed by atoms with Crippen molar-refractivity contribution in [2.75, 3.05) is 12.8 Å². The lowest BCUT2D eigenvalue weighted by molar-refractivity contribution is -0.144. The molecule has 0 amide bonds. The van der Waals surface area contributed by atoms with Gasteiger partial charge in [0.15, 0.2) is 0 Å². The third-order valence-corrected chi connectivity index (χ3v) is 3.34. The van der Waals surface area contributed by atoms with Crippen LogP contribution in [0.5, 0.6) is 0 Å². The first-order valence-corrected chi connectivity index (χ1v) is 8.20. The summed E-state index contributed by atoms with van der Waals surface area (Å²) in [5.74, 6) is -0.568. The van der Waals surface area contributed by atoms with E-state index in [1.807, 2.05) is 0 Å². The Kier molecular flexibility index (Phi) is 8.93. The third-order valence-electron chi connectivity index (χ3n) is 2.43. The Morgan fingerprint density at radius 2 is 2.00 bits per heavy atom. The number of ether oxygens (including phenoxy) is 1. The van der Waals surface area contributed by atoms with Crippen LogP contribution in [0.3, 0.4) is 0 Å². The van der Waals surface area contributed by atoms with Crippen molar-refractivity contribution in [1.82, 2.24) is 0 Å². The van der Waals surface area contributed by atoms with Gasteiger partial charge in [0, 0.05) is 0 Å². The molecule has 0 fully saturated rings. The summed E-state index contributed by atoms with van der Waals surface area (Å²) in [6, 6.07) is -0.974.